The molecule has 0 atom stereocenters. The second kappa shape index (κ2) is 5.75. The Kier molecular flexibility index (Phi) is 4.61. The first-order chi connectivity index (χ1) is 7.51. The van der Waals surface area contributed by atoms with E-state index in [1.54, 1.807) is 12.1 Å². The minimum atomic E-state index is -4.63. The fourth-order valence-corrected chi connectivity index (χ4v) is 1.26. The summed E-state index contributed by atoms with van der Waals surface area (Å²) in [5.41, 5.74) is 0.773. The number of nitrogens with one attached hydrogen (secondary N) is 1. The molecule has 0 aliphatic rings. The van der Waals surface area contributed by atoms with E-state index < -0.39 is 6.36 Å². The highest BCUT2D eigenvalue weighted by molar-refractivity contribution is 5.28. The number of benzene rings is 1. The number of halogens is 3. The molecule has 0 bridgehead atoms. The lowest BCUT2D eigenvalue weighted by atomic mass is 10.2. The van der Waals surface area contributed by atoms with Crippen LogP contribution in [-0.4, -0.2) is 12.9 Å². The molecule has 0 aromatic heterocycles. The second-order valence-corrected chi connectivity index (χ2v) is 3.37. The Morgan fingerprint density at radius 1 is 1.31 bits per heavy atom. The lowest BCUT2D eigenvalue weighted by Crippen LogP contribution is -2.18. The van der Waals surface area contributed by atoms with Crippen LogP contribution >= 0.6 is 0 Å². The lowest BCUT2D eigenvalue weighted by molar-refractivity contribution is -0.274. The average molecular weight is 233 g/mol. The molecular weight excluding hydrogens is 219 g/mol. The fourth-order valence-electron chi connectivity index (χ4n) is 1.26. The van der Waals surface area contributed by atoms with Gasteiger partial charge in [-0.15, -0.1) is 13.2 Å². The van der Waals surface area contributed by atoms with Gasteiger partial charge in [-0.05, 0) is 30.7 Å². The minimum absolute atomic E-state index is 0.178. The molecule has 0 saturated carbocycles. The van der Waals surface area contributed by atoms with Gasteiger partial charge in [0.1, 0.15) is 5.75 Å². The predicted octanol–water partition coefficient (Wildman–Crippen LogP) is 3.08. The molecule has 90 valence electrons. The molecule has 0 saturated heterocycles. The molecule has 0 aliphatic carbocycles. The largest absolute Gasteiger partial charge is 0.573 e. The van der Waals surface area contributed by atoms with Crippen molar-refractivity contribution >= 4 is 0 Å². The van der Waals surface area contributed by atoms with Crippen molar-refractivity contribution in [2.24, 2.45) is 0 Å². The molecule has 5 heteroatoms. The highest BCUT2D eigenvalue weighted by atomic mass is 19.4. The maximum absolute atomic E-state index is 11.9. The standard InChI is InChI=1S/C11H14F3NO/c1-2-6-15-8-9-4-3-5-10(7-9)16-11(12,13)14/h3-5,7,15H,2,6,8H2,1H3. The average Bonchev–Trinajstić information content (AvgIpc) is 2.16. The van der Waals surface area contributed by atoms with Crippen molar-refractivity contribution in [2.45, 2.75) is 26.3 Å². The number of alkyl halides is 3. The molecule has 0 aliphatic heterocycles. The van der Waals surface area contributed by atoms with Crippen molar-refractivity contribution in [2.75, 3.05) is 6.54 Å². The first-order valence-corrected chi connectivity index (χ1v) is 5.06. The van der Waals surface area contributed by atoms with Gasteiger partial charge >= 0.3 is 6.36 Å². The van der Waals surface area contributed by atoms with Gasteiger partial charge in [-0.1, -0.05) is 19.1 Å². The van der Waals surface area contributed by atoms with Crippen LogP contribution in [0.15, 0.2) is 24.3 Å². The van der Waals surface area contributed by atoms with Crippen molar-refractivity contribution in [3.8, 4) is 5.75 Å². The number of rotatable bonds is 5. The molecule has 1 aromatic rings. The van der Waals surface area contributed by atoms with Crippen LogP contribution in [0.1, 0.15) is 18.9 Å². The number of hydrogen-bond acceptors (Lipinski definition) is 2. The predicted molar refractivity (Wildman–Crippen MR) is 55.1 cm³/mol. The molecule has 0 unspecified atom stereocenters. The van der Waals surface area contributed by atoms with Crippen LogP contribution in [-0.2, 0) is 6.54 Å². The van der Waals surface area contributed by atoms with Crippen LogP contribution in [0, 0.1) is 0 Å². The minimum Gasteiger partial charge on any atom is -0.406 e. The van der Waals surface area contributed by atoms with E-state index in [1.807, 2.05) is 6.92 Å². The quantitative estimate of drug-likeness (QED) is 0.789. The Morgan fingerprint density at radius 3 is 2.69 bits per heavy atom. The summed E-state index contributed by atoms with van der Waals surface area (Å²) in [4.78, 5) is 0. The second-order valence-electron chi connectivity index (χ2n) is 3.37. The summed E-state index contributed by atoms with van der Waals surface area (Å²) in [6.07, 6.45) is -3.64. The molecular formula is C11H14F3NO. The first kappa shape index (κ1) is 12.8. The summed E-state index contributed by atoms with van der Waals surface area (Å²) in [7, 11) is 0. The zero-order valence-corrected chi connectivity index (χ0v) is 8.97. The van der Waals surface area contributed by atoms with Crippen LogP contribution in [0.4, 0.5) is 13.2 Å². The summed E-state index contributed by atoms with van der Waals surface area (Å²) in [6.45, 7) is 3.41. The van der Waals surface area contributed by atoms with Gasteiger partial charge in [-0.25, -0.2) is 0 Å². The lowest BCUT2D eigenvalue weighted by Gasteiger charge is -2.10. The summed E-state index contributed by atoms with van der Waals surface area (Å²) < 4.78 is 39.6. The maximum atomic E-state index is 11.9. The third-order valence-corrected chi connectivity index (χ3v) is 1.89. The van der Waals surface area contributed by atoms with Gasteiger partial charge in [0.2, 0.25) is 0 Å². The van der Waals surface area contributed by atoms with Crippen LogP contribution < -0.4 is 10.1 Å². The van der Waals surface area contributed by atoms with Gasteiger partial charge in [-0.2, -0.15) is 0 Å². The molecule has 0 spiro atoms. The zero-order valence-electron chi connectivity index (χ0n) is 8.97. The summed E-state index contributed by atoms with van der Waals surface area (Å²) in [5.74, 6) is -0.178. The molecule has 1 N–H and O–H groups in total. The van der Waals surface area contributed by atoms with Gasteiger partial charge in [0.15, 0.2) is 0 Å². The maximum Gasteiger partial charge on any atom is 0.573 e. The zero-order chi connectivity index (χ0) is 12.0. The molecule has 16 heavy (non-hydrogen) atoms. The van der Waals surface area contributed by atoms with Crippen molar-refractivity contribution in [1.29, 1.82) is 0 Å². The van der Waals surface area contributed by atoms with Crippen molar-refractivity contribution in [3.63, 3.8) is 0 Å². The van der Waals surface area contributed by atoms with E-state index in [0.717, 1.165) is 18.5 Å². The van der Waals surface area contributed by atoms with E-state index in [9.17, 15) is 13.2 Å². The summed E-state index contributed by atoms with van der Waals surface area (Å²) in [6, 6.07) is 5.98. The van der Waals surface area contributed by atoms with Crippen molar-refractivity contribution < 1.29 is 17.9 Å². The van der Waals surface area contributed by atoms with E-state index in [0.29, 0.717) is 6.54 Å². The van der Waals surface area contributed by atoms with Crippen LogP contribution in [0.25, 0.3) is 0 Å². The van der Waals surface area contributed by atoms with Gasteiger partial charge in [0.05, 0.1) is 0 Å². The van der Waals surface area contributed by atoms with Gasteiger partial charge < -0.3 is 10.1 Å². The van der Waals surface area contributed by atoms with E-state index in [-0.39, 0.29) is 5.75 Å². The SMILES string of the molecule is CCCNCc1cccc(OC(F)(F)F)c1. The van der Waals surface area contributed by atoms with Crippen molar-refractivity contribution in [1.82, 2.24) is 5.32 Å². The Morgan fingerprint density at radius 2 is 2.06 bits per heavy atom. The monoisotopic (exact) mass is 233 g/mol. The van der Waals surface area contributed by atoms with Gasteiger partial charge in [-0.3, -0.25) is 0 Å². The molecule has 0 heterocycles. The van der Waals surface area contributed by atoms with Gasteiger partial charge in [0, 0.05) is 6.54 Å². The highest BCUT2D eigenvalue weighted by Gasteiger charge is 2.30. The third kappa shape index (κ3) is 5.02. The molecule has 1 aromatic carbocycles. The molecule has 0 amide bonds. The van der Waals surface area contributed by atoms with E-state index in [1.165, 1.54) is 12.1 Å². The number of hydrogen-bond donors (Lipinski definition) is 1. The van der Waals surface area contributed by atoms with Crippen LogP contribution in [0.3, 0.4) is 0 Å². The molecule has 2 nitrogen and oxygen atoms in total. The molecule has 0 radical (unpaired) electrons. The summed E-state index contributed by atoms with van der Waals surface area (Å²) >= 11 is 0. The van der Waals surface area contributed by atoms with E-state index in [4.69, 9.17) is 0 Å². The highest BCUT2D eigenvalue weighted by Crippen LogP contribution is 2.23. The smallest absolute Gasteiger partial charge is 0.406 e. The molecule has 0 fully saturated rings. The van der Waals surface area contributed by atoms with Crippen molar-refractivity contribution in [3.05, 3.63) is 29.8 Å². The Bertz CT molecular complexity index is 325. The van der Waals surface area contributed by atoms with Crippen LogP contribution in [0.2, 0.25) is 0 Å². The Labute approximate surface area is 92.4 Å². The number of ether oxygens (including phenoxy) is 1. The van der Waals surface area contributed by atoms with Gasteiger partial charge in [0.25, 0.3) is 0 Å². The normalized spacial score (nSPS) is 11.5. The Hall–Kier alpha value is -1.23. The third-order valence-electron chi connectivity index (χ3n) is 1.89. The van der Waals surface area contributed by atoms with Crippen LogP contribution in [0.5, 0.6) is 5.75 Å². The topological polar surface area (TPSA) is 21.3 Å². The van der Waals surface area contributed by atoms with E-state index >= 15 is 0 Å². The fraction of sp³-hybridized carbons (Fsp3) is 0.455. The Balaban J connectivity index is 2.57. The summed E-state index contributed by atoms with van der Waals surface area (Å²) in [5, 5.41) is 3.10. The molecule has 1 rings (SSSR count). The van der Waals surface area contributed by atoms with E-state index in [2.05, 4.69) is 10.1 Å². The first-order valence-electron chi connectivity index (χ1n) is 5.06.